The zero-order chi connectivity index (χ0) is 15.2. The Labute approximate surface area is 131 Å². The van der Waals surface area contributed by atoms with Crippen LogP contribution in [-0.4, -0.2) is 17.7 Å². The Morgan fingerprint density at radius 1 is 1.14 bits per heavy atom. The quantitative estimate of drug-likeness (QED) is 0.655. The molecule has 21 heavy (non-hydrogen) atoms. The van der Waals surface area contributed by atoms with Gasteiger partial charge in [-0.25, -0.2) is 0 Å². The van der Waals surface area contributed by atoms with E-state index in [1.165, 1.54) is 25.7 Å². The maximum atomic E-state index is 12.2. The van der Waals surface area contributed by atoms with Gasteiger partial charge in [0.05, 0.1) is 0 Å². The number of nitrogens with one attached hydrogen (secondary N) is 1. The van der Waals surface area contributed by atoms with Gasteiger partial charge < -0.3 is 5.32 Å². The highest BCUT2D eigenvalue weighted by Crippen LogP contribution is 2.22. The van der Waals surface area contributed by atoms with Crippen LogP contribution >= 0.6 is 11.3 Å². The fraction of sp³-hybridized carbons (Fsp3) is 0.647. The van der Waals surface area contributed by atoms with Crippen LogP contribution < -0.4 is 5.32 Å². The number of aryl methyl sites for hydroxylation is 2. The lowest BCUT2D eigenvalue weighted by atomic mass is 10.1. The van der Waals surface area contributed by atoms with Crippen LogP contribution in [0, 0.1) is 13.8 Å². The second-order valence-electron chi connectivity index (χ2n) is 6.01. The van der Waals surface area contributed by atoms with Crippen molar-refractivity contribution in [2.45, 2.75) is 71.3 Å². The van der Waals surface area contributed by atoms with Crippen LogP contribution in [0.3, 0.4) is 0 Å². The number of ketones is 1. The van der Waals surface area contributed by atoms with E-state index in [0.29, 0.717) is 18.9 Å². The summed E-state index contributed by atoms with van der Waals surface area (Å²) >= 11 is 1.64. The predicted molar refractivity (Wildman–Crippen MR) is 87.0 cm³/mol. The van der Waals surface area contributed by atoms with Gasteiger partial charge in [-0.15, -0.1) is 11.3 Å². The van der Waals surface area contributed by atoms with Gasteiger partial charge in [-0.3, -0.25) is 9.59 Å². The van der Waals surface area contributed by atoms with E-state index in [2.05, 4.69) is 5.32 Å². The first-order chi connectivity index (χ1) is 10.1. The number of hydrogen-bond acceptors (Lipinski definition) is 3. The zero-order valence-corrected chi connectivity index (χ0v) is 13.9. The zero-order valence-electron chi connectivity index (χ0n) is 13.0. The Balaban J connectivity index is 1.78. The van der Waals surface area contributed by atoms with Crippen molar-refractivity contribution in [3.05, 3.63) is 21.4 Å². The Morgan fingerprint density at radius 2 is 1.81 bits per heavy atom. The molecule has 1 N–H and O–H groups in total. The molecular weight excluding hydrogens is 282 g/mol. The fourth-order valence-corrected chi connectivity index (χ4v) is 3.94. The van der Waals surface area contributed by atoms with Crippen LogP contribution in [0.25, 0.3) is 0 Å². The second-order valence-corrected chi connectivity index (χ2v) is 7.47. The fourth-order valence-electron chi connectivity index (χ4n) is 2.99. The first-order valence-electron chi connectivity index (χ1n) is 7.96. The molecule has 1 amide bonds. The monoisotopic (exact) mass is 307 g/mol. The van der Waals surface area contributed by atoms with E-state index in [1.807, 2.05) is 19.9 Å². The minimum Gasteiger partial charge on any atom is -0.353 e. The van der Waals surface area contributed by atoms with Crippen molar-refractivity contribution in [2.75, 3.05) is 0 Å². The molecule has 1 aromatic rings. The molecule has 0 spiro atoms. The second kappa shape index (κ2) is 7.74. The summed E-state index contributed by atoms with van der Waals surface area (Å²) in [7, 11) is 0. The lowest BCUT2D eigenvalue weighted by molar-refractivity contribution is -0.121. The van der Waals surface area contributed by atoms with Crippen LogP contribution in [0.1, 0.15) is 71.5 Å². The minimum absolute atomic E-state index is 0.0276. The van der Waals surface area contributed by atoms with Gasteiger partial charge in [0, 0.05) is 34.2 Å². The van der Waals surface area contributed by atoms with Gasteiger partial charge in [-0.2, -0.15) is 0 Å². The van der Waals surface area contributed by atoms with Crippen LogP contribution in [0.15, 0.2) is 6.07 Å². The molecule has 116 valence electrons. The molecule has 1 saturated carbocycles. The average molecular weight is 307 g/mol. The molecule has 0 saturated heterocycles. The summed E-state index contributed by atoms with van der Waals surface area (Å²) in [5.41, 5.74) is 0.791. The summed E-state index contributed by atoms with van der Waals surface area (Å²) in [5, 5.41) is 3.10. The molecule has 0 aromatic carbocycles. The van der Waals surface area contributed by atoms with Crippen LogP contribution in [0.2, 0.25) is 0 Å². The van der Waals surface area contributed by atoms with Crippen molar-refractivity contribution in [3.63, 3.8) is 0 Å². The summed E-state index contributed by atoms with van der Waals surface area (Å²) in [6.07, 6.45) is 7.77. The maximum absolute atomic E-state index is 12.2. The van der Waals surface area contributed by atoms with Gasteiger partial charge in [0.15, 0.2) is 5.78 Å². The van der Waals surface area contributed by atoms with E-state index >= 15 is 0 Å². The predicted octanol–water partition coefficient (Wildman–Crippen LogP) is 4.17. The number of Topliss-reactive ketones (excluding diaryl/α,β-unsaturated/α-hetero) is 1. The SMILES string of the molecule is Cc1cc(C(=O)CCC(=O)NC2CCCCCC2)c(C)s1. The average Bonchev–Trinajstić information content (AvgIpc) is 2.65. The first-order valence-corrected chi connectivity index (χ1v) is 8.77. The van der Waals surface area contributed by atoms with Crippen molar-refractivity contribution in [1.29, 1.82) is 0 Å². The number of thiophene rings is 1. The van der Waals surface area contributed by atoms with Gasteiger partial charge in [0.1, 0.15) is 0 Å². The van der Waals surface area contributed by atoms with Crippen LogP contribution in [0.5, 0.6) is 0 Å². The van der Waals surface area contributed by atoms with Gasteiger partial charge >= 0.3 is 0 Å². The van der Waals surface area contributed by atoms with Crippen LogP contribution in [-0.2, 0) is 4.79 Å². The van der Waals surface area contributed by atoms with E-state index in [9.17, 15) is 9.59 Å². The lowest BCUT2D eigenvalue weighted by Gasteiger charge is -2.15. The molecule has 1 aromatic heterocycles. The Bertz CT molecular complexity index is 499. The van der Waals surface area contributed by atoms with E-state index < -0.39 is 0 Å². The summed E-state index contributed by atoms with van der Waals surface area (Å²) < 4.78 is 0. The van der Waals surface area contributed by atoms with Crippen molar-refractivity contribution in [3.8, 4) is 0 Å². The third-order valence-corrected chi connectivity index (χ3v) is 5.11. The molecule has 4 heteroatoms. The smallest absolute Gasteiger partial charge is 0.220 e. The van der Waals surface area contributed by atoms with Gasteiger partial charge in [0.2, 0.25) is 5.91 Å². The van der Waals surface area contributed by atoms with E-state index in [0.717, 1.165) is 28.2 Å². The molecule has 0 bridgehead atoms. The summed E-state index contributed by atoms with van der Waals surface area (Å²) in [6, 6.07) is 2.26. The summed E-state index contributed by atoms with van der Waals surface area (Å²) in [5.74, 6) is 0.118. The van der Waals surface area contributed by atoms with Crippen molar-refractivity contribution in [2.24, 2.45) is 0 Å². The molecule has 1 aliphatic rings. The molecule has 3 nitrogen and oxygen atoms in total. The maximum Gasteiger partial charge on any atom is 0.220 e. The standard InChI is InChI=1S/C17H25NO2S/c1-12-11-15(13(2)21-12)16(19)9-10-17(20)18-14-7-5-3-4-6-8-14/h11,14H,3-10H2,1-2H3,(H,18,20). The highest BCUT2D eigenvalue weighted by molar-refractivity contribution is 7.12. The Kier molecular flexibility index (Phi) is 5.97. The molecule has 0 aliphatic heterocycles. The molecule has 0 atom stereocenters. The van der Waals surface area contributed by atoms with E-state index in [-0.39, 0.29) is 11.7 Å². The minimum atomic E-state index is 0.0276. The molecule has 1 fully saturated rings. The third-order valence-electron chi connectivity index (χ3n) is 4.14. The highest BCUT2D eigenvalue weighted by Gasteiger charge is 2.17. The highest BCUT2D eigenvalue weighted by atomic mass is 32.1. The van der Waals surface area contributed by atoms with Crippen molar-refractivity contribution < 1.29 is 9.59 Å². The Hall–Kier alpha value is -1.16. The van der Waals surface area contributed by atoms with E-state index in [4.69, 9.17) is 0 Å². The number of amides is 1. The number of hydrogen-bond donors (Lipinski definition) is 1. The summed E-state index contributed by atoms with van der Waals surface area (Å²) in [6.45, 7) is 3.98. The van der Waals surface area contributed by atoms with Gasteiger partial charge in [-0.1, -0.05) is 25.7 Å². The first kappa shape index (κ1) is 16.2. The molecule has 1 heterocycles. The lowest BCUT2D eigenvalue weighted by Crippen LogP contribution is -2.34. The summed E-state index contributed by atoms with van der Waals surface area (Å²) in [4.78, 5) is 26.4. The molecule has 0 unspecified atom stereocenters. The third kappa shape index (κ3) is 4.95. The van der Waals surface area contributed by atoms with Gasteiger partial charge in [0.25, 0.3) is 0 Å². The van der Waals surface area contributed by atoms with E-state index in [1.54, 1.807) is 11.3 Å². The molecule has 2 rings (SSSR count). The molecular formula is C17H25NO2S. The topological polar surface area (TPSA) is 46.2 Å². The Morgan fingerprint density at radius 3 is 2.38 bits per heavy atom. The normalized spacial score (nSPS) is 16.5. The van der Waals surface area contributed by atoms with Crippen molar-refractivity contribution >= 4 is 23.0 Å². The van der Waals surface area contributed by atoms with Crippen LogP contribution in [0.4, 0.5) is 0 Å². The number of carbonyl (C=O) groups is 2. The largest absolute Gasteiger partial charge is 0.353 e. The molecule has 1 aliphatic carbocycles. The number of rotatable bonds is 5. The van der Waals surface area contributed by atoms with Gasteiger partial charge in [-0.05, 0) is 32.8 Å². The molecule has 0 radical (unpaired) electrons. The number of carbonyl (C=O) groups excluding carboxylic acids is 2. The van der Waals surface area contributed by atoms with Crippen molar-refractivity contribution in [1.82, 2.24) is 5.32 Å².